The average Bonchev–Trinajstić information content (AvgIpc) is 3.35. The van der Waals surface area contributed by atoms with Gasteiger partial charge in [-0.3, -0.25) is 9.59 Å². The molecule has 0 saturated heterocycles. The summed E-state index contributed by atoms with van der Waals surface area (Å²) in [7, 11) is 0. The number of hydrogen-bond acceptors (Lipinski definition) is 2. The van der Waals surface area contributed by atoms with Gasteiger partial charge in [-0.15, -0.1) is 0 Å². The lowest BCUT2D eigenvalue weighted by Gasteiger charge is -2.07. The topological polar surface area (TPSA) is 63.1 Å². The van der Waals surface area contributed by atoms with Crippen LogP contribution in [0.2, 0.25) is 0 Å². The van der Waals surface area contributed by atoms with Gasteiger partial charge in [0.15, 0.2) is 0 Å². The average molecular weight is 436 g/mol. The third-order valence-corrected chi connectivity index (χ3v) is 5.95. The molecule has 2 amide bonds. The monoisotopic (exact) mass is 435 g/mol. The van der Waals surface area contributed by atoms with Gasteiger partial charge in [0.2, 0.25) is 5.91 Å². The van der Waals surface area contributed by atoms with E-state index in [1.807, 2.05) is 83.6 Å². The number of benzene rings is 3. The number of anilines is 1. The van der Waals surface area contributed by atoms with Crippen LogP contribution in [0.3, 0.4) is 0 Å². The Balaban J connectivity index is 1.32. The molecule has 164 valence electrons. The first kappa shape index (κ1) is 20.8. The first-order valence-corrected chi connectivity index (χ1v) is 11.2. The van der Waals surface area contributed by atoms with Gasteiger partial charge < -0.3 is 15.2 Å². The number of nitrogens with zero attached hydrogens (tertiary/aromatic N) is 1. The molecule has 0 atom stereocenters. The maximum Gasteiger partial charge on any atom is 0.256 e. The highest BCUT2D eigenvalue weighted by molar-refractivity contribution is 6.35. The van der Waals surface area contributed by atoms with Gasteiger partial charge in [0.05, 0.1) is 0 Å². The summed E-state index contributed by atoms with van der Waals surface area (Å²) in [4.78, 5) is 25.2. The van der Waals surface area contributed by atoms with Crippen LogP contribution in [0.15, 0.2) is 85.1 Å². The zero-order valence-corrected chi connectivity index (χ0v) is 18.3. The Morgan fingerprint density at radius 2 is 1.70 bits per heavy atom. The quantitative estimate of drug-likeness (QED) is 0.321. The number of hydrogen-bond donors (Lipinski definition) is 2. The number of carbonyl (C=O) groups is 2. The van der Waals surface area contributed by atoms with Crippen LogP contribution in [-0.4, -0.2) is 22.9 Å². The summed E-state index contributed by atoms with van der Waals surface area (Å²) < 4.78 is 1.95. The highest BCUT2D eigenvalue weighted by Crippen LogP contribution is 2.34. The van der Waals surface area contributed by atoms with Crippen LogP contribution in [0.5, 0.6) is 0 Å². The number of aromatic nitrogens is 1. The highest BCUT2D eigenvalue weighted by Gasteiger charge is 2.24. The van der Waals surface area contributed by atoms with Crippen molar-refractivity contribution < 1.29 is 9.59 Å². The van der Waals surface area contributed by atoms with E-state index in [4.69, 9.17) is 0 Å². The molecule has 1 aromatic heterocycles. The van der Waals surface area contributed by atoms with E-state index in [0.29, 0.717) is 12.1 Å². The molecule has 1 aliphatic rings. The number of carbonyl (C=O) groups excluding carboxylic acids is 2. The number of fused-ring (bicyclic) bond motifs is 2. The molecule has 5 rings (SSSR count). The van der Waals surface area contributed by atoms with E-state index >= 15 is 0 Å². The molecular weight excluding hydrogens is 410 g/mol. The molecular formula is C28H25N3O2. The summed E-state index contributed by atoms with van der Waals surface area (Å²) >= 11 is 0. The van der Waals surface area contributed by atoms with E-state index in [9.17, 15) is 9.59 Å². The molecule has 0 saturated carbocycles. The van der Waals surface area contributed by atoms with Crippen molar-refractivity contribution in [3.63, 3.8) is 0 Å². The number of nitrogens with one attached hydrogen (secondary N) is 2. The van der Waals surface area contributed by atoms with Crippen LogP contribution in [-0.2, 0) is 22.6 Å². The predicted octanol–water partition coefficient (Wildman–Crippen LogP) is 4.88. The Labute approximate surface area is 192 Å². The molecule has 2 N–H and O–H groups in total. The van der Waals surface area contributed by atoms with Crippen molar-refractivity contribution in [1.29, 1.82) is 0 Å². The van der Waals surface area contributed by atoms with Crippen molar-refractivity contribution in [3.05, 3.63) is 102 Å². The van der Waals surface area contributed by atoms with Crippen molar-refractivity contribution in [3.8, 4) is 0 Å². The Morgan fingerprint density at radius 1 is 0.939 bits per heavy atom. The SMILES string of the molecule is O=C(Cn1cc(/C=C2/C(=O)Nc3ccccc32)c2ccccc21)NCCCc1ccccc1. The largest absolute Gasteiger partial charge is 0.355 e. The summed E-state index contributed by atoms with van der Waals surface area (Å²) in [6.07, 6.45) is 5.70. The molecule has 3 aromatic carbocycles. The summed E-state index contributed by atoms with van der Waals surface area (Å²) in [5.74, 6) is -0.129. The van der Waals surface area contributed by atoms with Gasteiger partial charge in [-0.1, -0.05) is 66.7 Å². The maximum atomic E-state index is 12.6. The van der Waals surface area contributed by atoms with E-state index in [1.54, 1.807) is 0 Å². The Kier molecular flexibility index (Phi) is 5.77. The summed E-state index contributed by atoms with van der Waals surface area (Å²) in [5, 5.41) is 6.96. The Bertz CT molecular complexity index is 1350. The lowest BCUT2D eigenvalue weighted by molar-refractivity contribution is -0.121. The normalized spacial score (nSPS) is 13.8. The van der Waals surface area contributed by atoms with Crippen molar-refractivity contribution in [2.45, 2.75) is 19.4 Å². The zero-order valence-electron chi connectivity index (χ0n) is 18.3. The van der Waals surface area contributed by atoms with Crippen LogP contribution in [0.1, 0.15) is 23.1 Å². The van der Waals surface area contributed by atoms with Crippen molar-refractivity contribution in [2.24, 2.45) is 0 Å². The van der Waals surface area contributed by atoms with Crippen molar-refractivity contribution >= 4 is 40.1 Å². The second-order valence-corrected chi connectivity index (χ2v) is 8.23. The minimum absolute atomic E-state index is 0.0213. The third kappa shape index (κ3) is 4.44. The lowest BCUT2D eigenvalue weighted by atomic mass is 10.0. The van der Waals surface area contributed by atoms with Gasteiger partial charge in [-0.05, 0) is 36.6 Å². The fourth-order valence-corrected chi connectivity index (χ4v) is 4.33. The molecule has 0 unspecified atom stereocenters. The van der Waals surface area contributed by atoms with Crippen LogP contribution >= 0.6 is 0 Å². The number of rotatable bonds is 7. The number of para-hydroxylation sites is 2. The first-order chi connectivity index (χ1) is 16.2. The molecule has 0 fully saturated rings. The molecule has 0 aliphatic carbocycles. The Morgan fingerprint density at radius 3 is 2.58 bits per heavy atom. The first-order valence-electron chi connectivity index (χ1n) is 11.2. The molecule has 0 bridgehead atoms. The fourth-order valence-electron chi connectivity index (χ4n) is 4.33. The van der Waals surface area contributed by atoms with Crippen LogP contribution < -0.4 is 10.6 Å². The van der Waals surface area contributed by atoms with Gasteiger partial charge >= 0.3 is 0 Å². The maximum absolute atomic E-state index is 12.6. The second kappa shape index (κ2) is 9.17. The third-order valence-electron chi connectivity index (χ3n) is 5.95. The smallest absolute Gasteiger partial charge is 0.256 e. The van der Waals surface area contributed by atoms with E-state index in [0.717, 1.165) is 40.6 Å². The van der Waals surface area contributed by atoms with E-state index < -0.39 is 0 Å². The van der Waals surface area contributed by atoms with Crippen molar-refractivity contribution in [2.75, 3.05) is 11.9 Å². The molecule has 4 aromatic rings. The van der Waals surface area contributed by atoms with Crippen LogP contribution in [0.25, 0.3) is 22.6 Å². The van der Waals surface area contributed by atoms with Gasteiger partial charge in [-0.2, -0.15) is 0 Å². The van der Waals surface area contributed by atoms with Crippen LogP contribution in [0, 0.1) is 0 Å². The molecule has 1 aliphatic heterocycles. The summed E-state index contributed by atoms with van der Waals surface area (Å²) in [5.41, 5.74) is 5.53. The summed E-state index contributed by atoms with van der Waals surface area (Å²) in [6, 6.07) is 25.9. The molecule has 0 radical (unpaired) electrons. The zero-order chi connectivity index (χ0) is 22.6. The standard InChI is InChI=1S/C28H25N3O2/c32-27(29-16-8-11-20-9-2-1-3-10-20)19-31-18-21(22-12-5-7-15-26(22)31)17-24-23-13-4-6-14-25(23)30-28(24)33/h1-7,9-10,12-15,17-18H,8,11,16,19H2,(H,29,32)(H,30,33)/b24-17+. The minimum atomic E-state index is -0.107. The fraction of sp³-hybridized carbons (Fsp3) is 0.143. The molecule has 2 heterocycles. The predicted molar refractivity (Wildman–Crippen MR) is 133 cm³/mol. The van der Waals surface area contributed by atoms with Gasteiger partial charge in [-0.25, -0.2) is 0 Å². The number of aryl methyl sites for hydroxylation is 1. The van der Waals surface area contributed by atoms with E-state index in [-0.39, 0.29) is 18.4 Å². The highest BCUT2D eigenvalue weighted by atomic mass is 16.2. The number of amides is 2. The minimum Gasteiger partial charge on any atom is -0.355 e. The molecule has 33 heavy (non-hydrogen) atoms. The second-order valence-electron chi connectivity index (χ2n) is 8.23. The molecule has 0 spiro atoms. The molecule has 5 heteroatoms. The molecule has 5 nitrogen and oxygen atoms in total. The Hall–Kier alpha value is -4.12. The van der Waals surface area contributed by atoms with E-state index in [1.165, 1.54) is 5.56 Å². The summed E-state index contributed by atoms with van der Waals surface area (Å²) in [6.45, 7) is 0.874. The van der Waals surface area contributed by atoms with Crippen molar-refractivity contribution in [1.82, 2.24) is 9.88 Å². The lowest BCUT2D eigenvalue weighted by Crippen LogP contribution is -2.28. The van der Waals surface area contributed by atoms with E-state index in [2.05, 4.69) is 22.8 Å². The van der Waals surface area contributed by atoms with Gasteiger partial charge in [0.1, 0.15) is 6.54 Å². The van der Waals surface area contributed by atoms with Gasteiger partial charge in [0, 0.05) is 46.0 Å². The van der Waals surface area contributed by atoms with Gasteiger partial charge in [0.25, 0.3) is 5.91 Å². The van der Waals surface area contributed by atoms with Crippen LogP contribution in [0.4, 0.5) is 5.69 Å².